The van der Waals surface area contributed by atoms with Crippen molar-refractivity contribution in [2.75, 3.05) is 14.2 Å². The van der Waals surface area contributed by atoms with E-state index in [0.717, 1.165) is 17.8 Å². The molecule has 5 nitrogen and oxygen atoms in total. The Labute approximate surface area is 98.8 Å². The van der Waals surface area contributed by atoms with Crippen LogP contribution < -0.4 is 4.74 Å². The predicted octanol–water partition coefficient (Wildman–Crippen LogP) is 1.92. The van der Waals surface area contributed by atoms with Crippen LogP contribution in [0, 0.1) is 0 Å². The highest BCUT2D eigenvalue weighted by atomic mass is 16.5. The monoisotopic (exact) mass is 234 g/mol. The van der Waals surface area contributed by atoms with Gasteiger partial charge in [0.05, 0.1) is 19.7 Å². The van der Waals surface area contributed by atoms with Crippen molar-refractivity contribution in [2.45, 2.75) is 13.3 Å². The van der Waals surface area contributed by atoms with Gasteiger partial charge in [0.1, 0.15) is 16.9 Å². The number of carbonyl (C=O) groups excluding carboxylic acids is 1. The van der Waals surface area contributed by atoms with Gasteiger partial charge < -0.3 is 14.5 Å². The third-order valence-corrected chi connectivity index (χ3v) is 2.60. The van der Waals surface area contributed by atoms with Gasteiger partial charge >= 0.3 is 5.97 Å². The Morgan fingerprint density at radius 2 is 2.18 bits per heavy atom. The molecule has 1 aromatic carbocycles. The van der Waals surface area contributed by atoms with Crippen LogP contribution in [0.2, 0.25) is 0 Å². The minimum absolute atomic E-state index is 0.386. The zero-order valence-electron chi connectivity index (χ0n) is 10.0. The number of rotatable bonds is 3. The second kappa shape index (κ2) is 4.45. The van der Waals surface area contributed by atoms with Crippen LogP contribution in [-0.2, 0) is 11.2 Å². The molecular weight excluding hydrogens is 220 g/mol. The molecule has 0 aliphatic rings. The molecule has 0 amide bonds. The minimum atomic E-state index is -0.426. The number of hydrogen-bond donors (Lipinski definition) is 1. The second-order valence-corrected chi connectivity index (χ2v) is 3.57. The Balaban J connectivity index is 2.67. The average molecular weight is 234 g/mol. The number of imidazole rings is 1. The second-order valence-electron chi connectivity index (χ2n) is 3.57. The average Bonchev–Trinajstić information content (AvgIpc) is 2.79. The Kier molecular flexibility index (Phi) is 2.99. The largest absolute Gasteiger partial charge is 0.493 e. The molecule has 5 heteroatoms. The normalized spacial score (nSPS) is 10.5. The topological polar surface area (TPSA) is 64.2 Å². The Hall–Kier alpha value is -2.04. The summed E-state index contributed by atoms with van der Waals surface area (Å²) in [4.78, 5) is 19.1. The van der Waals surface area contributed by atoms with Gasteiger partial charge in [0.2, 0.25) is 0 Å². The third-order valence-electron chi connectivity index (χ3n) is 2.60. The first-order valence-corrected chi connectivity index (χ1v) is 5.35. The van der Waals surface area contributed by atoms with E-state index in [1.807, 2.05) is 6.92 Å². The van der Waals surface area contributed by atoms with Crippen molar-refractivity contribution in [2.24, 2.45) is 0 Å². The predicted molar refractivity (Wildman–Crippen MR) is 63.4 cm³/mol. The SMILES string of the molecule is CCc1nc2c(OC)c(C(=O)OC)ccc2[nH]1. The fourth-order valence-electron chi connectivity index (χ4n) is 1.75. The lowest BCUT2D eigenvalue weighted by molar-refractivity contribution is 0.0597. The van der Waals surface area contributed by atoms with Crippen molar-refractivity contribution in [1.82, 2.24) is 9.97 Å². The molecule has 0 fully saturated rings. The maximum Gasteiger partial charge on any atom is 0.341 e. The molecule has 17 heavy (non-hydrogen) atoms. The third kappa shape index (κ3) is 1.84. The van der Waals surface area contributed by atoms with E-state index in [0.29, 0.717) is 16.8 Å². The van der Waals surface area contributed by atoms with E-state index in [1.54, 1.807) is 12.1 Å². The van der Waals surface area contributed by atoms with Crippen LogP contribution in [0.4, 0.5) is 0 Å². The number of H-pyrrole nitrogens is 1. The number of nitrogens with one attached hydrogen (secondary N) is 1. The molecule has 0 aliphatic carbocycles. The number of aromatic amines is 1. The van der Waals surface area contributed by atoms with Crippen LogP contribution in [0.1, 0.15) is 23.1 Å². The Bertz CT molecular complexity index is 560. The number of nitrogens with zero attached hydrogens (tertiary/aromatic N) is 1. The fourth-order valence-corrected chi connectivity index (χ4v) is 1.75. The lowest BCUT2D eigenvalue weighted by Gasteiger charge is -2.06. The molecular formula is C12H14N2O3. The molecule has 0 aliphatic heterocycles. The molecule has 0 saturated heterocycles. The van der Waals surface area contributed by atoms with Gasteiger partial charge in [-0.25, -0.2) is 9.78 Å². The molecule has 1 aromatic heterocycles. The van der Waals surface area contributed by atoms with E-state index in [1.165, 1.54) is 14.2 Å². The summed E-state index contributed by atoms with van der Waals surface area (Å²) in [5, 5.41) is 0. The summed E-state index contributed by atoms with van der Waals surface area (Å²) in [5.41, 5.74) is 1.90. The number of hydrogen-bond acceptors (Lipinski definition) is 4. The highest BCUT2D eigenvalue weighted by molar-refractivity contribution is 5.99. The number of carbonyl (C=O) groups is 1. The molecule has 2 aromatic rings. The zero-order valence-corrected chi connectivity index (χ0v) is 10.0. The molecule has 0 spiro atoms. The standard InChI is InChI=1S/C12H14N2O3/c1-4-9-13-8-6-5-7(12(15)17-3)11(16-2)10(8)14-9/h5-6H,4H2,1-3H3,(H,13,14). The van der Waals surface area contributed by atoms with Gasteiger partial charge in [-0.05, 0) is 12.1 Å². The Morgan fingerprint density at radius 1 is 1.41 bits per heavy atom. The van der Waals surface area contributed by atoms with Gasteiger partial charge in [0.25, 0.3) is 0 Å². The lowest BCUT2D eigenvalue weighted by atomic mass is 10.1. The van der Waals surface area contributed by atoms with Gasteiger partial charge in [-0.2, -0.15) is 0 Å². The highest BCUT2D eigenvalue weighted by Crippen LogP contribution is 2.28. The maximum absolute atomic E-state index is 11.6. The van der Waals surface area contributed by atoms with Gasteiger partial charge in [-0.15, -0.1) is 0 Å². The van der Waals surface area contributed by atoms with E-state index in [9.17, 15) is 4.79 Å². The molecule has 1 N–H and O–H groups in total. The molecule has 0 saturated carbocycles. The van der Waals surface area contributed by atoms with E-state index in [2.05, 4.69) is 9.97 Å². The number of methoxy groups -OCH3 is 2. The van der Waals surface area contributed by atoms with Crippen molar-refractivity contribution in [3.05, 3.63) is 23.5 Å². The molecule has 90 valence electrons. The lowest BCUT2D eigenvalue weighted by Crippen LogP contribution is -2.04. The summed E-state index contributed by atoms with van der Waals surface area (Å²) >= 11 is 0. The quantitative estimate of drug-likeness (QED) is 0.824. The van der Waals surface area contributed by atoms with Crippen LogP contribution in [0.15, 0.2) is 12.1 Å². The van der Waals surface area contributed by atoms with Crippen LogP contribution in [0.3, 0.4) is 0 Å². The summed E-state index contributed by atoms with van der Waals surface area (Å²) in [6.07, 6.45) is 0.797. The molecule has 0 atom stereocenters. The van der Waals surface area contributed by atoms with E-state index < -0.39 is 5.97 Å². The van der Waals surface area contributed by atoms with Crippen molar-refractivity contribution < 1.29 is 14.3 Å². The maximum atomic E-state index is 11.6. The van der Waals surface area contributed by atoms with Crippen LogP contribution >= 0.6 is 0 Å². The number of fused-ring (bicyclic) bond motifs is 1. The number of aromatic nitrogens is 2. The van der Waals surface area contributed by atoms with Crippen molar-refractivity contribution in [3.63, 3.8) is 0 Å². The summed E-state index contributed by atoms with van der Waals surface area (Å²) in [7, 11) is 2.86. The first-order chi connectivity index (χ1) is 8.21. The molecule has 0 bridgehead atoms. The van der Waals surface area contributed by atoms with Crippen molar-refractivity contribution in [3.8, 4) is 5.75 Å². The van der Waals surface area contributed by atoms with Crippen molar-refractivity contribution in [1.29, 1.82) is 0 Å². The van der Waals surface area contributed by atoms with Crippen LogP contribution in [-0.4, -0.2) is 30.2 Å². The van der Waals surface area contributed by atoms with Gasteiger partial charge in [0, 0.05) is 6.42 Å². The minimum Gasteiger partial charge on any atom is -0.493 e. The van der Waals surface area contributed by atoms with Crippen molar-refractivity contribution >= 4 is 17.0 Å². The molecule has 0 unspecified atom stereocenters. The van der Waals surface area contributed by atoms with Gasteiger partial charge in [-0.1, -0.05) is 6.92 Å². The van der Waals surface area contributed by atoms with E-state index >= 15 is 0 Å². The first kappa shape index (κ1) is 11.4. The Morgan fingerprint density at radius 3 is 2.76 bits per heavy atom. The van der Waals surface area contributed by atoms with Crippen LogP contribution in [0.25, 0.3) is 11.0 Å². The molecule has 1 heterocycles. The van der Waals surface area contributed by atoms with E-state index in [4.69, 9.17) is 9.47 Å². The number of esters is 1. The van der Waals surface area contributed by atoms with Gasteiger partial charge in [-0.3, -0.25) is 0 Å². The smallest absolute Gasteiger partial charge is 0.341 e. The summed E-state index contributed by atoms with van der Waals surface area (Å²) in [6, 6.07) is 3.47. The summed E-state index contributed by atoms with van der Waals surface area (Å²) in [6.45, 7) is 2.01. The molecule has 0 radical (unpaired) electrons. The fraction of sp³-hybridized carbons (Fsp3) is 0.333. The first-order valence-electron chi connectivity index (χ1n) is 5.35. The summed E-state index contributed by atoms with van der Waals surface area (Å²) < 4.78 is 9.96. The van der Waals surface area contributed by atoms with Crippen LogP contribution in [0.5, 0.6) is 5.75 Å². The number of benzene rings is 1. The van der Waals surface area contributed by atoms with Gasteiger partial charge in [0.15, 0.2) is 5.75 Å². The summed E-state index contributed by atoms with van der Waals surface area (Å²) in [5.74, 6) is 0.885. The van der Waals surface area contributed by atoms with E-state index in [-0.39, 0.29) is 0 Å². The number of aryl methyl sites for hydroxylation is 1. The molecule has 2 rings (SSSR count). The number of ether oxygens (including phenoxy) is 2. The zero-order chi connectivity index (χ0) is 12.4. The highest BCUT2D eigenvalue weighted by Gasteiger charge is 2.17.